The number of esters is 1. The first-order chi connectivity index (χ1) is 9.70. The van der Waals surface area contributed by atoms with Gasteiger partial charge >= 0.3 is 11.6 Å². The summed E-state index contributed by atoms with van der Waals surface area (Å²) in [6.45, 7) is 2.01. The maximum Gasteiger partial charge on any atom is 0.342 e. The third-order valence-electron chi connectivity index (χ3n) is 2.54. The maximum absolute atomic E-state index is 11.8. The predicted molar refractivity (Wildman–Crippen MR) is 76.9 cm³/mol. The lowest BCUT2D eigenvalue weighted by Gasteiger charge is -2.07. The Labute approximate surface area is 120 Å². The van der Waals surface area contributed by atoms with E-state index in [0.29, 0.717) is 10.6 Å². The highest BCUT2D eigenvalue weighted by Crippen LogP contribution is 2.25. The van der Waals surface area contributed by atoms with E-state index in [4.69, 9.17) is 9.15 Å². The Bertz CT molecular complexity index is 634. The van der Waals surface area contributed by atoms with Crippen molar-refractivity contribution in [1.82, 2.24) is 0 Å². The SMILES string of the molecule is CCOC(=O)c1coc(=O)cc1SCc1ccccc1. The molecule has 0 radical (unpaired) electrons. The van der Waals surface area contributed by atoms with Crippen LogP contribution in [-0.4, -0.2) is 12.6 Å². The molecule has 1 heterocycles. The van der Waals surface area contributed by atoms with Crippen molar-refractivity contribution >= 4 is 17.7 Å². The lowest BCUT2D eigenvalue weighted by atomic mass is 10.2. The first kappa shape index (κ1) is 14.4. The molecule has 0 aliphatic rings. The fourth-order valence-corrected chi connectivity index (χ4v) is 2.59. The van der Waals surface area contributed by atoms with Crippen molar-refractivity contribution in [3.05, 3.63) is 64.2 Å². The molecule has 0 aliphatic carbocycles. The van der Waals surface area contributed by atoms with Gasteiger partial charge in [0.25, 0.3) is 0 Å². The van der Waals surface area contributed by atoms with Crippen molar-refractivity contribution in [3.63, 3.8) is 0 Å². The second kappa shape index (κ2) is 6.96. The highest BCUT2D eigenvalue weighted by Gasteiger charge is 2.15. The Morgan fingerprint density at radius 3 is 2.75 bits per heavy atom. The molecule has 4 nitrogen and oxygen atoms in total. The van der Waals surface area contributed by atoms with Gasteiger partial charge in [0.2, 0.25) is 0 Å². The molecule has 0 atom stereocenters. The number of benzene rings is 1. The van der Waals surface area contributed by atoms with E-state index < -0.39 is 11.6 Å². The molecule has 0 spiro atoms. The molecule has 2 aromatic rings. The van der Waals surface area contributed by atoms with Crippen molar-refractivity contribution in [3.8, 4) is 0 Å². The fourth-order valence-electron chi connectivity index (χ4n) is 1.61. The summed E-state index contributed by atoms with van der Waals surface area (Å²) in [5.41, 5.74) is 0.918. The van der Waals surface area contributed by atoms with Crippen molar-refractivity contribution < 1.29 is 13.9 Å². The second-order valence-corrected chi connectivity index (χ2v) is 4.99. The number of carbonyl (C=O) groups is 1. The molecule has 0 saturated carbocycles. The van der Waals surface area contributed by atoms with Crippen LogP contribution < -0.4 is 5.63 Å². The van der Waals surface area contributed by atoms with Gasteiger partial charge in [0, 0.05) is 16.7 Å². The summed E-state index contributed by atoms with van der Waals surface area (Å²) >= 11 is 1.41. The zero-order chi connectivity index (χ0) is 14.4. The largest absolute Gasteiger partial charge is 0.462 e. The monoisotopic (exact) mass is 290 g/mol. The number of thioether (sulfide) groups is 1. The van der Waals surface area contributed by atoms with Gasteiger partial charge in [-0.25, -0.2) is 9.59 Å². The minimum atomic E-state index is -0.480. The molecule has 0 bridgehead atoms. The fraction of sp³-hybridized carbons (Fsp3) is 0.200. The molecule has 0 fully saturated rings. The number of hydrogen-bond donors (Lipinski definition) is 0. The van der Waals surface area contributed by atoms with Crippen LogP contribution in [0.25, 0.3) is 0 Å². The quantitative estimate of drug-likeness (QED) is 0.625. The average molecular weight is 290 g/mol. The van der Waals surface area contributed by atoms with Crippen LogP contribution in [0.4, 0.5) is 0 Å². The molecule has 0 amide bonds. The highest BCUT2D eigenvalue weighted by molar-refractivity contribution is 7.98. The third kappa shape index (κ3) is 3.74. The molecule has 0 N–H and O–H groups in total. The van der Waals surface area contributed by atoms with Gasteiger partial charge in [-0.2, -0.15) is 0 Å². The second-order valence-electron chi connectivity index (χ2n) is 3.97. The lowest BCUT2D eigenvalue weighted by Crippen LogP contribution is -2.09. The summed E-state index contributed by atoms with van der Waals surface area (Å²) in [4.78, 5) is 23.7. The van der Waals surface area contributed by atoms with Gasteiger partial charge in [-0.05, 0) is 12.5 Å². The first-order valence-electron chi connectivity index (χ1n) is 6.17. The normalized spacial score (nSPS) is 10.2. The van der Waals surface area contributed by atoms with Crippen LogP contribution in [0.2, 0.25) is 0 Å². The Balaban J connectivity index is 2.19. The van der Waals surface area contributed by atoms with E-state index in [1.807, 2.05) is 30.3 Å². The summed E-state index contributed by atoms with van der Waals surface area (Å²) in [6, 6.07) is 11.1. The summed E-state index contributed by atoms with van der Waals surface area (Å²) < 4.78 is 9.69. The smallest absolute Gasteiger partial charge is 0.342 e. The van der Waals surface area contributed by atoms with Crippen LogP contribution in [0, 0.1) is 0 Å². The standard InChI is InChI=1S/C15H14O4S/c1-2-18-15(17)12-9-19-14(16)8-13(12)20-10-11-6-4-3-5-7-11/h3-9H,2,10H2,1H3. The van der Waals surface area contributed by atoms with E-state index in [-0.39, 0.29) is 12.2 Å². The van der Waals surface area contributed by atoms with E-state index in [1.165, 1.54) is 17.8 Å². The van der Waals surface area contributed by atoms with Gasteiger partial charge in [-0.15, -0.1) is 11.8 Å². The summed E-state index contributed by atoms with van der Waals surface area (Å²) in [6.07, 6.45) is 1.16. The van der Waals surface area contributed by atoms with Crippen LogP contribution in [0.3, 0.4) is 0 Å². The van der Waals surface area contributed by atoms with E-state index in [9.17, 15) is 9.59 Å². The zero-order valence-electron chi connectivity index (χ0n) is 11.0. The van der Waals surface area contributed by atoms with E-state index in [2.05, 4.69) is 0 Å². The molecule has 1 aromatic heterocycles. The predicted octanol–water partition coefficient (Wildman–Crippen LogP) is 3.11. The van der Waals surface area contributed by atoms with Crippen molar-refractivity contribution in [2.24, 2.45) is 0 Å². The van der Waals surface area contributed by atoms with Crippen LogP contribution in [-0.2, 0) is 10.5 Å². The van der Waals surface area contributed by atoms with Crippen molar-refractivity contribution in [2.45, 2.75) is 17.6 Å². The van der Waals surface area contributed by atoms with Gasteiger partial charge < -0.3 is 9.15 Å². The third-order valence-corrected chi connectivity index (χ3v) is 3.67. The number of carbonyl (C=O) groups excluding carboxylic acids is 1. The molecular formula is C15H14O4S. The Kier molecular flexibility index (Phi) is 5.01. The molecule has 0 saturated heterocycles. The molecular weight excluding hydrogens is 276 g/mol. The van der Waals surface area contributed by atoms with E-state index in [0.717, 1.165) is 11.8 Å². The molecule has 0 unspecified atom stereocenters. The van der Waals surface area contributed by atoms with Crippen LogP contribution in [0.5, 0.6) is 0 Å². The topological polar surface area (TPSA) is 56.5 Å². The van der Waals surface area contributed by atoms with Crippen LogP contribution >= 0.6 is 11.8 Å². The molecule has 1 aromatic carbocycles. The number of hydrogen-bond acceptors (Lipinski definition) is 5. The van der Waals surface area contributed by atoms with Crippen LogP contribution in [0.1, 0.15) is 22.8 Å². The van der Waals surface area contributed by atoms with Gasteiger partial charge in [0.15, 0.2) is 0 Å². The maximum atomic E-state index is 11.8. The zero-order valence-corrected chi connectivity index (χ0v) is 11.8. The summed E-state index contributed by atoms with van der Waals surface area (Å²) in [5.74, 6) is 0.184. The number of ether oxygens (including phenoxy) is 1. The van der Waals surface area contributed by atoms with E-state index >= 15 is 0 Å². The summed E-state index contributed by atoms with van der Waals surface area (Å²) in [7, 11) is 0. The Hall–Kier alpha value is -2.01. The van der Waals surface area contributed by atoms with Gasteiger partial charge in [-0.1, -0.05) is 30.3 Å². The van der Waals surface area contributed by atoms with Gasteiger partial charge in [0.1, 0.15) is 11.8 Å². The Morgan fingerprint density at radius 1 is 1.30 bits per heavy atom. The lowest BCUT2D eigenvalue weighted by molar-refractivity contribution is 0.0519. The van der Waals surface area contributed by atoms with Gasteiger partial charge in [-0.3, -0.25) is 0 Å². The first-order valence-corrected chi connectivity index (χ1v) is 7.16. The molecule has 2 rings (SSSR count). The van der Waals surface area contributed by atoms with Crippen LogP contribution in [0.15, 0.2) is 56.8 Å². The average Bonchev–Trinajstić information content (AvgIpc) is 2.46. The van der Waals surface area contributed by atoms with E-state index in [1.54, 1.807) is 6.92 Å². The number of rotatable bonds is 5. The molecule has 20 heavy (non-hydrogen) atoms. The van der Waals surface area contributed by atoms with Crippen molar-refractivity contribution in [2.75, 3.05) is 6.61 Å². The minimum absolute atomic E-state index is 0.279. The molecule has 104 valence electrons. The summed E-state index contributed by atoms with van der Waals surface area (Å²) in [5, 5.41) is 0. The molecule has 5 heteroatoms. The van der Waals surface area contributed by atoms with Crippen molar-refractivity contribution in [1.29, 1.82) is 0 Å². The minimum Gasteiger partial charge on any atom is -0.462 e. The van der Waals surface area contributed by atoms with Gasteiger partial charge in [0.05, 0.1) is 6.61 Å². The Morgan fingerprint density at radius 2 is 2.05 bits per heavy atom. The highest BCUT2D eigenvalue weighted by atomic mass is 32.2. The molecule has 0 aliphatic heterocycles.